The molecule has 1 aliphatic rings. The van der Waals surface area contributed by atoms with E-state index < -0.39 is 0 Å². The largest absolute Gasteiger partial charge is 0.367 e. The first kappa shape index (κ1) is 8.57. The number of aromatic nitrogens is 1. The van der Waals surface area contributed by atoms with Crippen LogP contribution in [0.15, 0.2) is 18.2 Å². The Labute approximate surface area is 78.6 Å². The Kier molecular flexibility index (Phi) is 2.23. The molecule has 2 nitrogen and oxygen atoms in total. The van der Waals surface area contributed by atoms with Gasteiger partial charge in [0.15, 0.2) is 0 Å². The molecule has 0 saturated heterocycles. The van der Waals surface area contributed by atoms with Crippen molar-refractivity contribution >= 4 is 0 Å². The van der Waals surface area contributed by atoms with Crippen LogP contribution in [0.2, 0.25) is 0 Å². The summed E-state index contributed by atoms with van der Waals surface area (Å²) in [4.78, 5) is 3.29. The number of hydrogen-bond acceptors (Lipinski definition) is 1. The maximum Gasteiger partial charge on any atom is 0.109 e. The second-order valence-corrected chi connectivity index (χ2v) is 3.32. The van der Waals surface area contributed by atoms with Gasteiger partial charge in [0.25, 0.3) is 0 Å². The van der Waals surface area contributed by atoms with Crippen LogP contribution in [-0.4, -0.2) is 11.6 Å². The molecule has 0 aromatic carbocycles. The fraction of sp³-hybridized carbons (Fsp3) is 0.364. The molecule has 0 spiro atoms. The molecule has 0 amide bonds. The van der Waals surface area contributed by atoms with Gasteiger partial charge in [-0.15, -0.1) is 0 Å². The summed E-state index contributed by atoms with van der Waals surface area (Å²) in [7, 11) is 0. The van der Waals surface area contributed by atoms with Crippen LogP contribution in [0.5, 0.6) is 0 Å². The van der Waals surface area contributed by atoms with Crippen LogP contribution in [0.3, 0.4) is 0 Å². The monoisotopic (exact) mass is 175 g/mol. The summed E-state index contributed by atoms with van der Waals surface area (Å²) in [5.41, 5.74) is 3.57. The van der Waals surface area contributed by atoms with Crippen molar-refractivity contribution in [1.82, 2.24) is 4.98 Å². The molecule has 0 bridgehead atoms. The van der Waals surface area contributed by atoms with Crippen LogP contribution >= 0.6 is 0 Å². The average Bonchev–Trinajstić information content (AvgIpc) is 2.49. The predicted molar refractivity (Wildman–Crippen MR) is 51.3 cm³/mol. The molecule has 0 aliphatic carbocycles. The van der Waals surface area contributed by atoms with Crippen LogP contribution in [0.4, 0.5) is 0 Å². The Hall–Kier alpha value is -1.02. The number of H-pyrrole nitrogens is 1. The summed E-state index contributed by atoms with van der Waals surface area (Å²) < 4.78 is 5.50. The van der Waals surface area contributed by atoms with Gasteiger partial charge in [0.05, 0.1) is 6.61 Å². The van der Waals surface area contributed by atoms with Crippen molar-refractivity contribution in [2.24, 2.45) is 0 Å². The molecule has 2 radical (unpaired) electrons. The molecule has 2 heteroatoms. The summed E-state index contributed by atoms with van der Waals surface area (Å²) in [6, 6.07) is 2.12. The predicted octanol–water partition coefficient (Wildman–Crippen LogP) is 2.34. The molecule has 2 rings (SSSR count). The molecule has 0 saturated carbocycles. The molecule has 2 heterocycles. The third kappa shape index (κ3) is 1.68. The lowest BCUT2D eigenvalue weighted by molar-refractivity contribution is 0.0917. The minimum absolute atomic E-state index is 0.0163. The minimum Gasteiger partial charge on any atom is -0.367 e. The SMILES string of the molecule is Cc1cc(C2[C]C=CCO2)[nH]c1C. The van der Waals surface area contributed by atoms with Crippen molar-refractivity contribution < 1.29 is 4.74 Å². The van der Waals surface area contributed by atoms with Gasteiger partial charge in [0.1, 0.15) is 6.10 Å². The Balaban J connectivity index is 2.20. The zero-order valence-electron chi connectivity index (χ0n) is 7.92. The molecule has 13 heavy (non-hydrogen) atoms. The van der Waals surface area contributed by atoms with Crippen molar-refractivity contribution in [3.05, 3.63) is 41.6 Å². The van der Waals surface area contributed by atoms with Gasteiger partial charge in [-0.25, -0.2) is 0 Å². The lowest BCUT2D eigenvalue weighted by atomic mass is 10.1. The highest BCUT2D eigenvalue weighted by Gasteiger charge is 2.15. The molecule has 68 valence electrons. The highest BCUT2D eigenvalue weighted by molar-refractivity contribution is 5.27. The topological polar surface area (TPSA) is 25.0 Å². The van der Waals surface area contributed by atoms with E-state index in [1.807, 2.05) is 12.2 Å². The number of hydrogen-bond donors (Lipinski definition) is 1. The Morgan fingerprint density at radius 3 is 2.92 bits per heavy atom. The van der Waals surface area contributed by atoms with E-state index in [2.05, 4.69) is 31.3 Å². The van der Waals surface area contributed by atoms with Gasteiger partial charge in [-0.1, -0.05) is 12.2 Å². The number of nitrogens with one attached hydrogen (secondary N) is 1. The molecular weight excluding hydrogens is 162 g/mol. The van der Waals surface area contributed by atoms with E-state index in [0.717, 1.165) is 5.69 Å². The maximum absolute atomic E-state index is 5.50. The lowest BCUT2D eigenvalue weighted by Crippen LogP contribution is -2.08. The molecular formula is C11H13NO. The van der Waals surface area contributed by atoms with E-state index in [0.29, 0.717) is 6.61 Å². The summed E-state index contributed by atoms with van der Waals surface area (Å²) in [6.07, 6.45) is 7.01. The average molecular weight is 175 g/mol. The molecule has 0 fully saturated rings. The van der Waals surface area contributed by atoms with Gasteiger partial charge >= 0.3 is 0 Å². The van der Waals surface area contributed by atoms with Crippen LogP contribution in [-0.2, 0) is 4.74 Å². The molecule has 1 aromatic rings. The van der Waals surface area contributed by atoms with Crippen LogP contribution < -0.4 is 0 Å². The summed E-state index contributed by atoms with van der Waals surface area (Å²) >= 11 is 0. The Bertz CT molecular complexity index is 305. The first-order valence-electron chi connectivity index (χ1n) is 4.46. The van der Waals surface area contributed by atoms with E-state index in [1.165, 1.54) is 11.3 Å². The fourth-order valence-corrected chi connectivity index (χ4v) is 1.42. The number of aromatic amines is 1. The van der Waals surface area contributed by atoms with E-state index >= 15 is 0 Å². The maximum atomic E-state index is 5.50. The van der Waals surface area contributed by atoms with Crippen LogP contribution in [0.25, 0.3) is 0 Å². The van der Waals surface area contributed by atoms with Gasteiger partial charge in [-0.3, -0.25) is 0 Å². The lowest BCUT2D eigenvalue weighted by Gasteiger charge is -2.16. The smallest absolute Gasteiger partial charge is 0.109 e. The molecule has 1 aliphatic heterocycles. The summed E-state index contributed by atoms with van der Waals surface area (Å²) in [5, 5.41) is 0. The molecule has 1 atom stereocenters. The van der Waals surface area contributed by atoms with Crippen LogP contribution in [0.1, 0.15) is 23.1 Å². The second kappa shape index (κ2) is 3.38. The van der Waals surface area contributed by atoms with Crippen LogP contribution in [0, 0.1) is 20.3 Å². The van der Waals surface area contributed by atoms with E-state index in [9.17, 15) is 0 Å². The van der Waals surface area contributed by atoms with Crippen molar-refractivity contribution in [2.75, 3.05) is 6.61 Å². The van der Waals surface area contributed by atoms with Crippen molar-refractivity contribution in [3.8, 4) is 0 Å². The first-order valence-corrected chi connectivity index (χ1v) is 4.46. The minimum atomic E-state index is -0.0163. The summed E-state index contributed by atoms with van der Waals surface area (Å²) in [6.45, 7) is 4.83. The number of rotatable bonds is 1. The van der Waals surface area contributed by atoms with E-state index in [1.54, 1.807) is 0 Å². The van der Waals surface area contributed by atoms with Gasteiger partial charge in [0, 0.05) is 17.8 Å². The van der Waals surface area contributed by atoms with Crippen molar-refractivity contribution in [1.29, 1.82) is 0 Å². The molecule has 1 unspecified atom stereocenters. The zero-order chi connectivity index (χ0) is 9.26. The highest BCUT2D eigenvalue weighted by atomic mass is 16.5. The Morgan fingerprint density at radius 1 is 1.54 bits per heavy atom. The molecule has 1 aromatic heterocycles. The van der Waals surface area contributed by atoms with Gasteiger partial charge in [0.2, 0.25) is 0 Å². The summed E-state index contributed by atoms with van der Waals surface area (Å²) in [5.74, 6) is 0. The Morgan fingerprint density at radius 2 is 2.38 bits per heavy atom. The van der Waals surface area contributed by atoms with Crippen molar-refractivity contribution in [3.63, 3.8) is 0 Å². The second-order valence-electron chi connectivity index (χ2n) is 3.32. The standard InChI is InChI=1S/C11H13NO/c1-8-7-10(12-9(8)2)11-5-3-4-6-13-11/h3-4,7,11-12H,6H2,1-2H3. The van der Waals surface area contributed by atoms with E-state index in [4.69, 9.17) is 4.74 Å². The zero-order valence-corrected chi connectivity index (χ0v) is 7.92. The van der Waals surface area contributed by atoms with Gasteiger partial charge < -0.3 is 9.72 Å². The van der Waals surface area contributed by atoms with Gasteiger partial charge in [-0.2, -0.15) is 0 Å². The van der Waals surface area contributed by atoms with E-state index in [-0.39, 0.29) is 6.10 Å². The molecule has 1 N–H and O–H groups in total. The highest BCUT2D eigenvalue weighted by Crippen LogP contribution is 2.24. The van der Waals surface area contributed by atoms with Gasteiger partial charge in [-0.05, 0) is 25.5 Å². The number of ether oxygens (including phenoxy) is 1. The normalized spacial score (nSPS) is 22.2. The fourth-order valence-electron chi connectivity index (χ4n) is 1.42. The quantitative estimate of drug-likeness (QED) is 0.696. The third-order valence-electron chi connectivity index (χ3n) is 2.30. The van der Waals surface area contributed by atoms with Crippen molar-refractivity contribution in [2.45, 2.75) is 20.0 Å². The third-order valence-corrected chi connectivity index (χ3v) is 2.30. The first-order chi connectivity index (χ1) is 6.27. The number of aryl methyl sites for hydroxylation is 2.